The lowest BCUT2D eigenvalue weighted by Gasteiger charge is -2.18. The molecule has 3 N–H and O–H groups in total. The lowest BCUT2D eigenvalue weighted by molar-refractivity contribution is 0.221. The highest BCUT2D eigenvalue weighted by Gasteiger charge is 2.30. The molecule has 4 heterocycles. The molecule has 1 aliphatic rings. The van der Waals surface area contributed by atoms with E-state index in [0.29, 0.717) is 51.5 Å². The molecular formula is C22H20ClFN6O2. The number of aliphatic hydroxyl groups is 1. The van der Waals surface area contributed by atoms with Crippen molar-refractivity contribution in [1.29, 1.82) is 0 Å². The number of rotatable bonds is 1. The first kappa shape index (κ1) is 20.5. The zero-order valence-corrected chi connectivity index (χ0v) is 18.1. The Balaban J connectivity index is 1.85. The van der Waals surface area contributed by atoms with Gasteiger partial charge in [0, 0.05) is 48.2 Å². The van der Waals surface area contributed by atoms with Crippen molar-refractivity contribution in [3.8, 4) is 28.3 Å². The maximum Gasteiger partial charge on any atom is 0.166 e. The van der Waals surface area contributed by atoms with E-state index in [0.717, 1.165) is 0 Å². The monoisotopic (exact) mass is 454 g/mol. The molecule has 2 bridgehead atoms. The second kappa shape index (κ2) is 7.61. The van der Waals surface area contributed by atoms with Crippen molar-refractivity contribution in [2.75, 3.05) is 5.73 Å². The normalized spacial score (nSPS) is 15.1. The molecule has 1 aliphatic heterocycles. The van der Waals surface area contributed by atoms with E-state index in [2.05, 4.69) is 15.2 Å². The Morgan fingerprint density at radius 2 is 2.12 bits per heavy atom. The van der Waals surface area contributed by atoms with E-state index in [9.17, 15) is 9.50 Å². The second-order valence-electron chi connectivity index (χ2n) is 7.58. The van der Waals surface area contributed by atoms with Crippen LogP contribution in [0.3, 0.4) is 0 Å². The highest BCUT2D eigenvalue weighted by Crippen LogP contribution is 2.42. The van der Waals surface area contributed by atoms with Gasteiger partial charge < -0.3 is 15.6 Å². The molecule has 1 unspecified atom stereocenters. The fraction of sp³-hybridized carbons (Fsp3) is 0.227. The van der Waals surface area contributed by atoms with Crippen LogP contribution in [0.2, 0.25) is 5.15 Å². The van der Waals surface area contributed by atoms with Crippen LogP contribution in [0.15, 0.2) is 36.7 Å². The summed E-state index contributed by atoms with van der Waals surface area (Å²) in [5.41, 5.74) is 9.91. The molecule has 0 fully saturated rings. The first-order chi connectivity index (χ1) is 15.4. The third-order valence-corrected chi connectivity index (χ3v) is 5.81. The van der Waals surface area contributed by atoms with Crippen LogP contribution in [-0.2, 0) is 20.2 Å². The molecule has 0 aliphatic carbocycles. The Bertz CT molecular complexity index is 1350. The first-order valence-corrected chi connectivity index (χ1v) is 10.4. The predicted octanol–water partition coefficient (Wildman–Crippen LogP) is 3.71. The van der Waals surface area contributed by atoms with Crippen molar-refractivity contribution in [3.05, 3.63) is 64.3 Å². The number of aryl methyl sites for hydroxylation is 2. The topological polar surface area (TPSA) is 104 Å². The van der Waals surface area contributed by atoms with Gasteiger partial charge in [-0.15, -0.1) is 0 Å². The highest BCUT2D eigenvalue weighted by atomic mass is 35.5. The number of pyridine rings is 1. The van der Waals surface area contributed by atoms with Gasteiger partial charge >= 0.3 is 0 Å². The number of ether oxygens (including phenoxy) is 1. The van der Waals surface area contributed by atoms with Crippen LogP contribution in [0.1, 0.15) is 29.7 Å². The van der Waals surface area contributed by atoms with Crippen molar-refractivity contribution in [2.45, 2.75) is 26.2 Å². The van der Waals surface area contributed by atoms with Crippen LogP contribution < -0.4 is 10.5 Å². The Morgan fingerprint density at radius 3 is 2.91 bits per heavy atom. The average Bonchev–Trinajstić information content (AvgIpc) is 3.31. The third kappa shape index (κ3) is 3.21. The van der Waals surface area contributed by atoms with Crippen LogP contribution in [0, 0.1) is 5.82 Å². The molecule has 0 saturated carbocycles. The number of hydrogen-bond acceptors (Lipinski definition) is 6. The quantitative estimate of drug-likeness (QED) is 0.454. The summed E-state index contributed by atoms with van der Waals surface area (Å²) in [6.45, 7) is 2.48. The summed E-state index contributed by atoms with van der Waals surface area (Å²) in [5, 5.41) is 20.6. The van der Waals surface area contributed by atoms with E-state index in [1.54, 1.807) is 40.9 Å². The minimum atomic E-state index is -1.14. The molecule has 164 valence electrons. The molecule has 5 rings (SSSR count). The van der Waals surface area contributed by atoms with Gasteiger partial charge in [-0.3, -0.25) is 9.36 Å². The summed E-state index contributed by atoms with van der Waals surface area (Å²) in [5.74, 6) is 0.116. The molecule has 0 saturated heterocycles. The molecule has 1 aromatic carbocycles. The van der Waals surface area contributed by atoms with Crippen LogP contribution in [0.25, 0.3) is 22.5 Å². The Labute approximate surface area is 188 Å². The Hall–Kier alpha value is -3.43. The third-order valence-electron chi connectivity index (χ3n) is 5.53. The van der Waals surface area contributed by atoms with Crippen molar-refractivity contribution in [1.82, 2.24) is 24.5 Å². The zero-order chi connectivity index (χ0) is 22.6. The van der Waals surface area contributed by atoms with Gasteiger partial charge in [-0.1, -0.05) is 11.6 Å². The van der Waals surface area contributed by atoms with Gasteiger partial charge in [0.2, 0.25) is 0 Å². The van der Waals surface area contributed by atoms with Crippen LogP contribution in [-0.4, -0.2) is 29.7 Å². The van der Waals surface area contributed by atoms with E-state index < -0.39 is 11.9 Å². The predicted molar refractivity (Wildman–Crippen MR) is 118 cm³/mol. The van der Waals surface area contributed by atoms with Gasteiger partial charge in [0.15, 0.2) is 16.7 Å². The number of aromatic nitrogens is 5. The molecule has 0 radical (unpaired) electrons. The van der Waals surface area contributed by atoms with Gasteiger partial charge in [0.25, 0.3) is 0 Å². The largest absolute Gasteiger partial charge is 0.485 e. The summed E-state index contributed by atoms with van der Waals surface area (Å²) in [6.07, 6.45) is 2.16. The lowest BCUT2D eigenvalue weighted by atomic mass is 9.95. The number of halogens is 2. The second-order valence-corrected chi connectivity index (χ2v) is 7.93. The average molecular weight is 455 g/mol. The van der Waals surface area contributed by atoms with Gasteiger partial charge in [-0.2, -0.15) is 10.2 Å². The maximum atomic E-state index is 14.1. The lowest BCUT2D eigenvalue weighted by Crippen LogP contribution is -2.08. The summed E-state index contributed by atoms with van der Waals surface area (Å²) in [4.78, 5) is 4.26. The summed E-state index contributed by atoms with van der Waals surface area (Å²) in [6, 6.07) is 6.07. The number of nitrogen functional groups attached to an aromatic ring is 1. The number of anilines is 1. The zero-order valence-electron chi connectivity index (χ0n) is 17.4. The minimum absolute atomic E-state index is 0.0369. The van der Waals surface area contributed by atoms with Gasteiger partial charge in [-0.05, 0) is 31.2 Å². The number of aliphatic hydroxyl groups excluding tert-OH is 1. The molecule has 0 spiro atoms. The maximum absolute atomic E-state index is 14.1. The van der Waals surface area contributed by atoms with E-state index in [-0.39, 0.29) is 17.6 Å². The van der Waals surface area contributed by atoms with E-state index in [1.165, 1.54) is 12.1 Å². The van der Waals surface area contributed by atoms with Gasteiger partial charge in [0.1, 0.15) is 18.5 Å². The van der Waals surface area contributed by atoms with Crippen molar-refractivity contribution < 1.29 is 14.2 Å². The molecule has 10 heteroatoms. The number of nitrogens with two attached hydrogens (primary N) is 1. The Morgan fingerprint density at radius 1 is 1.31 bits per heavy atom. The molecule has 3 aromatic heterocycles. The van der Waals surface area contributed by atoms with Gasteiger partial charge in [0.05, 0.1) is 17.0 Å². The summed E-state index contributed by atoms with van der Waals surface area (Å²) >= 11 is 6.52. The van der Waals surface area contributed by atoms with Crippen LogP contribution >= 0.6 is 11.6 Å². The number of benzene rings is 1. The van der Waals surface area contributed by atoms with Crippen molar-refractivity contribution in [2.24, 2.45) is 7.05 Å². The summed E-state index contributed by atoms with van der Waals surface area (Å²) < 4.78 is 23.4. The minimum Gasteiger partial charge on any atom is -0.485 e. The molecule has 4 aromatic rings. The molecule has 8 nitrogen and oxygen atoms in total. The number of nitrogens with zero attached hydrogens (tertiary/aromatic N) is 5. The SMILES string of the molecule is CCn1nc(Cl)c2c1-c1cnc(N)c(c1)OCc1cc(F)ccc1-c1nn(C)cc1C2O. The molecule has 32 heavy (non-hydrogen) atoms. The van der Waals surface area contributed by atoms with Crippen LogP contribution in [0.4, 0.5) is 10.2 Å². The van der Waals surface area contributed by atoms with E-state index >= 15 is 0 Å². The smallest absolute Gasteiger partial charge is 0.166 e. The highest BCUT2D eigenvalue weighted by molar-refractivity contribution is 6.30. The van der Waals surface area contributed by atoms with Crippen molar-refractivity contribution >= 4 is 17.4 Å². The molecule has 1 atom stereocenters. The fourth-order valence-corrected chi connectivity index (χ4v) is 4.35. The van der Waals surface area contributed by atoms with Crippen molar-refractivity contribution in [3.63, 3.8) is 0 Å². The van der Waals surface area contributed by atoms with E-state index in [4.69, 9.17) is 22.1 Å². The van der Waals surface area contributed by atoms with Crippen LogP contribution in [0.5, 0.6) is 5.75 Å². The molecule has 0 amide bonds. The standard InChI is InChI=1S/C22H20ClFN6O2/c1-3-30-19-11-7-16(22(25)26-8-11)32-10-12-6-13(24)4-5-14(12)18-15(9-29(2)27-18)20(31)17(19)21(23)28-30/h4-9,20,31H,3,10H2,1-2H3,(H2,25,26). The Kier molecular flexibility index (Phi) is 4.87. The fourth-order valence-electron chi connectivity index (χ4n) is 4.06. The number of hydrogen-bond donors (Lipinski definition) is 2. The van der Waals surface area contributed by atoms with Gasteiger partial charge in [-0.25, -0.2) is 9.37 Å². The van der Waals surface area contributed by atoms with E-state index in [1.807, 2.05) is 6.92 Å². The summed E-state index contributed by atoms with van der Waals surface area (Å²) in [7, 11) is 1.75. The molecular weight excluding hydrogens is 435 g/mol. The number of fused-ring (bicyclic) bond motifs is 7. The first-order valence-electron chi connectivity index (χ1n) is 10.0.